The lowest BCUT2D eigenvalue weighted by atomic mass is 9.92. The number of rotatable bonds is 9. The van der Waals surface area contributed by atoms with Gasteiger partial charge in [-0.05, 0) is 41.0 Å². The third-order valence-electron chi connectivity index (χ3n) is 5.12. The zero-order valence-electron chi connectivity index (χ0n) is 18.6. The van der Waals surface area contributed by atoms with Crippen molar-refractivity contribution >= 4 is 11.9 Å². The maximum Gasteiger partial charge on any atom is 0.342 e. The average Bonchev–Trinajstić information content (AvgIpc) is 2.72. The van der Waals surface area contributed by atoms with Crippen LogP contribution in [-0.2, 0) is 9.53 Å². The van der Waals surface area contributed by atoms with E-state index >= 15 is 0 Å². The topological polar surface area (TPSA) is 75.6 Å². The van der Waals surface area contributed by atoms with Crippen LogP contribution in [-0.4, -0.2) is 23.6 Å². The highest BCUT2D eigenvalue weighted by molar-refractivity contribution is 5.94. The zero-order valence-corrected chi connectivity index (χ0v) is 18.6. The van der Waals surface area contributed by atoms with Gasteiger partial charge in [0.1, 0.15) is 11.3 Å². The van der Waals surface area contributed by atoms with E-state index in [4.69, 9.17) is 4.74 Å². The van der Waals surface area contributed by atoms with E-state index in [1.54, 1.807) is 6.07 Å². The lowest BCUT2D eigenvalue weighted by Gasteiger charge is -2.19. The first kappa shape index (κ1) is 23.5. The van der Waals surface area contributed by atoms with Gasteiger partial charge < -0.3 is 15.2 Å². The first-order valence-corrected chi connectivity index (χ1v) is 10.6. The fraction of sp³-hybridized carbons (Fsp3) is 0.440. The second kappa shape index (κ2) is 10.8. The van der Waals surface area contributed by atoms with Gasteiger partial charge in [-0.15, -0.1) is 0 Å². The summed E-state index contributed by atoms with van der Waals surface area (Å²) in [6.07, 6.45) is 1.70. The summed E-state index contributed by atoms with van der Waals surface area (Å²) >= 11 is 0. The second-order valence-electron chi connectivity index (χ2n) is 8.21. The van der Waals surface area contributed by atoms with Crippen LogP contribution < -0.4 is 5.32 Å². The van der Waals surface area contributed by atoms with Crippen molar-refractivity contribution in [3.8, 4) is 5.75 Å². The van der Waals surface area contributed by atoms with Crippen molar-refractivity contribution in [2.45, 2.75) is 65.3 Å². The number of carbonyl (C=O) groups excluding carboxylic acids is 2. The molecule has 0 aliphatic carbocycles. The SMILES string of the molecule is CCC[C@H](NC(=O)COC(=O)c1cc(C(C)C)cc(C(C)C)c1O)c1ccccc1. The van der Waals surface area contributed by atoms with Crippen LogP contribution in [0, 0.1) is 0 Å². The summed E-state index contributed by atoms with van der Waals surface area (Å²) in [6, 6.07) is 13.2. The Bertz CT molecular complexity index is 859. The van der Waals surface area contributed by atoms with Gasteiger partial charge in [-0.2, -0.15) is 0 Å². The summed E-state index contributed by atoms with van der Waals surface area (Å²) in [5, 5.41) is 13.5. The van der Waals surface area contributed by atoms with Crippen LogP contribution in [0.3, 0.4) is 0 Å². The molecule has 2 N–H and O–H groups in total. The molecule has 0 fully saturated rings. The minimum atomic E-state index is -0.696. The summed E-state index contributed by atoms with van der Waals surface area (Å²) in [4.78, 5) is 25.1. The number of hydrogen-bond acceptors (Lipinski definition) is 4. The van der Waals surface area contributed by atoms with Crippen LogP contribution in [0.15, 0.2) is 42.5 Å². The largest absolute Gasteiger partial charge is 0.507 e. The van der Waals surface area contributed by atoms with Gasteiger partial charge >= 0.3 is 5.97 Å². The molecule has 30 heavy (non-hydrogen) atoms. The van der Waals surface area contributed by atoms with Crippen molar-refractivity contribution in [2.75, 3.05) is 6.61 Å². The lowest BCUT2D eigenvalue weighted by Crippen LogP contribution is -2.32. The average molecular weight is 412 g/mol. The summed E-state index contributed by atoms with van der Waals surface area (Å²) in [6.45, 7) is 9.62. The van der Waals surface area contributed by atoms with E-state index in [2.05, 4.69) is 12.2 Å². The van der Waals surface area contributed by atoms with Crippen molar-refractivity contribution in [3.05, 3.63) is 64.7 Å². The lowest BCUT2D eigenvalue weighted by molar-refractivity contribution is -0.125. The summed E-state index contributed by atoms with van der Waals surface area (Å²) in [5.74, 6) is -0.890. The first-order chi connectivity index (χ1) is 14.2. The number of carbonyl (C=O) groups is 2. The molecule has 0 bridgehead atoms. The van der Waals surface area contributed by atoms with Gasteiger partial charge in [0.2, 0.25) is 0 Å². The Labute approximate surface area is 179 Å². The highest BCUT2D eigenvalue weighted by atomic mass is 16.5. The van der Waals surface area contributed by atoms with Gasteiger partial charge in [0.15, 0.2) is 6.61 Å². The van der Waals surface area contributed by atoms with Gasteiger partial charge in [-0.25, -0.2) is 4.79 Å². The second-order valence-corrected chi connectivity index (χ2v) is 8.21. The highest BCUT2D eigenvalue weighted by Crippen LogP contribution is 2.33. The van der Waals surface area contributed by atoms with Crippen LogP contribution in [0.4, 0.5) is 0 Å². The van der Waals surface area contributed by atoms with E-state index in [-0.39, 0.29) is 35.1 Å². The van der Waals surface area contributed by atoms with Gasteiger partial charge in [-0.1, -0.05) is 77.4 Å². The molecule has 0 aliphatic rings. The number of hydrogen-bond donors (Lipinski definition) is 2. The molecule has 0 saturated heterocycles. The fourth-order valence-corrected chi connectivity index (χ4v) is 3.35. The van der Waals surface area contributed by atoms with Crippen molar-refractivity contribution in [1.82, 2.24) is 5.32 Å². The molecule has 0 radical (unpaired) electrons. The number of esters is 1. The van der Waals surface area contributed by atoms with Gasteiger partial charge in [0.25, 0.3) is 5.91 Å². The maximum absolute atomic E-state index is 12.6. The number of aromatic hydroxyl groups is 1. The smallest absolute Gasteiger partial charge is 0.342 e. The van der Waals surface area contributed by atoms with Crippen LogP contribution in [0.2, 0.25) is 0 Å². The minimum Gasteiger partial charge on any atom is -0.507 e. The molecule has 2 rings (SSSR count). The molecule has 5 heteroatoms. The van der Waals surface area contributed by atoms with Gasteiger partial charge in [-0.3, -0.25) is 4.79 Å². The quantitative estimate of drug-likeness (QED) is 0.538. The van der Waals surface area contributed by atoms with Crippen molar-refractivity contribution in [3.63, 3.8) is 0 Å². The molecular formula is C25H33NO4. The van der Waals surface area contributed by atoms with Gasteiger partial charge in [0.05, 0.1) is 6.04 Å². The number of amides is 1. The maximum atomic E-state index is 12.6. The molecule has 0 aliphatic heterocycles. The molecule has 0 spiro atoms. The van der Waals surface area contributed by atoms with Crippen molar-refractivity contribution < 1.29 is 19.4 Å². The third kappa shape index (κ3) is 6.09. The Hall–Kier alpha value is -2.82. The van der Waals surface area contributed by atoms with Crippen LogP contribution in [0.5, 0.6) is 5.75 Å². The molecule has 1 atom stereocenters. The van der Waals surface area contributed by atoms with E-state index in [0.29, 0.717) is 5.56 Å². The molecule has 1 amide bonds. The summed E-state index contributed by atoms with van der Waals surface area (Å²) in [7, 11) is 0. The molecule has 0 heterocycles. The number of benzene rings is 2. The monoisotopic (exact) mass is 411 g/mol. The number of phenolic OH excluding ortho intramolecular Hbond substituents is 1. The Morgan fingerprint density at radius 3 is 2.23 bits per heavy atom. The Kier molecular flexibility index (Phi) is 8.46. The van der Waals surface area contributed by atoms with E-state index in [9.17, 15) is 14.7 Å². The molecule has 2 aromatic rings. The minimum absolute atomic E-state index is 0.0548. The Morgan fingerprint density at radius 2 is 1.67 bits per heavy atom. The molecular weight excluding hydrogens is 378 g/mol. The Balaban J connectivity index is 2.10. The molecule has 5 nitrogen and oxygen atoms in total. The molecule has 0 unspecified atom stereocenters. The van der Waals surface area contributed by atoms with E-state index < -0.39 is 12.6 Å². The third-order valence-corrected chi connectivity index (χ3v) is 5.12. The van der Waals surface area contributed by atoms with E-state index in [1.807, 2.05) is 64.1 Å². The number of ether oxygens (including phenoxy) is 1. The normalized spacial score (nSPS) is 12.1. The number of nitrogens with one attached hydrogen (secondary N) is 1. The van der Waals surface area contributed by atoms with Gasteiger partial charge in [0, 0.05) is 0 Å². The Morgan fingerprint density at radius 1 is 1.00 bits per heavy atom. The highest BCUT2D eigenvalue weighted by Gasteiger charge is 2.22. The molecule has 0 saturated carbocycles. The van der Waals surface area contributed by atoms with E-state index in [0.717, 1.165) is 24.0 Å². The molecule has 2 aromatic carbocycles. The zero-order chi connectivity index (χ0) is 22.3. The summed E-state index contributed by atoms with van der Waals surface area (Å²) < 4.78 is 5.24. The predicted octanol–water partition coefficient (Wildman–Crippen LogP) is 5.45. The summed E-state index contributed by atoms with van der Waals surface area (Å²) in [5.41, 5.74) is 2.76. The van der Waals surface area contributed by atoms with E-state index in [1.165, 1.54) is 0 Å². The number of phenols is 1. The van der Waals surface area contributed by atoms with Crippen LogP contribution >= 0.6 is 0 Å². The van der Waals surface area contributed by atoms with Crippen molar-refractivity contribution in [1.29, 1.82) is 0 Å². The standard InChI is InChI=1S/C25H33NO4/c1-6-10-22(18-11-8-7-9-12-18)26-23(27)15-30-25(29)21-14-19(16(2)3)13-20(17(4)5)24(21)28/h7-9,11-14,16-17,22,28H,6,10,15H2,1-5H3,(H,26,27)/t22-/m0/s1. The van der Waals surface area contributed by atoms with Crippen LogP contribution in [0.1, 0.15) is 92.4 Å². The fourth-order valence-electron chi connectivity index (χ4n) is 3.35. The first-order valence-electron chi connectivity index (χ1n) is 10.6. The molecule has 0 aromatic heterocycles. The predicted molar refractivity (Wildman–Crippen MR) is 119 cm³/mol. The van der Waals surface area contributed by atoms with Crippen LogP contribution in [0.25, 0.3) is 0 Å². The van der Waals surface area contributed by atoms with Crippen molar-refractivity contribution in [2.24, 2.45) is 0 Å². The molecule has 162 valence electrons.